The molecule has 6 nitrogen and oxygen atoms in total. The van der Waals surface area contributed by atoms with Crippen molar-refractivity contribution in [1.29, 1.82) is 0 Å². The smallest absolute Gasteiger partial charge is 0.282 e. The van der Waals surface area contributed by atoms with Gasteiger partial charge in [-0.15, -0.1) is 0 Å². The van der Waals surface area contributed by atoms with E-state index in [-0.39, 0.29) is 17.4 Å². The fraction of sp³-hybridized carbons (Fsp3) is 0.211. The lowest BCUT2D eigenvalue weighted by atomic mass is 10.1. The minimum absolute atomic E-state index is 0.0918. The number of rotatable bonds is 7. The van der Waals surface area contributed by atoms with Crippen molar-refractivity contribution in [2.45, 2.75) is 11.3 Å². The molecule has 1 heterocycles. The number of ether oxygens (including phenoxy) is 2. The van der Waals surface area contributed by atoms with Crippen LogP contribution in [0.4, 0.5) is 8.78 Å². The zero-order valence-corrected chi connectivity index (χ0v) is 16.0. The third-order valence-electron chi connectivity index (χ3n) is 3.95. The molecule has 148 valence electrons. The van der Waals surface area contributed by atoms with Gasteiger partial charge in [-0.2, -0.15) is 5.10 Å². The first-order chi connectivity index (χ1) is 13.3. The van der Waals surface area contributed by atoms with Crippen LogP contribution in [0.25, 0.3) is 16.9 Å². The summed E-state index contributed by atoms with van der Waals surface area (Å²) in [5, 5.41) is 4.00. The van der Waals surface area contributed by atoms with Crippen LogP contribution >= 0.6 is 0 Å². The van der Waals surface area contributed by atoms with Crippen molar-refractivity contribution < 1.29 is 26.7 Å². The van der Waals surface area contributed by atoms with Gasteiger partial charge >= 0.3 is 0 Å². The average Bonchev–Trinajstić information content (AvgIpc) is 3.12. The number of alkyl halides is 2. The molecule has 0 bridgehead atoms. The zero-order valence-electron chi connectivity index (χ0n) is 15.2. The summed E-state index contributed by atoms with van der Waals surface area (Å²) in [7, 11) is -1.85. The highest BCUT2D eigenvalue weighted by Gasteiger charge is 2.18. The van der Waals surface area contributed by atoms with Crippen molar-refractivity contribution in [3.8, 4) is 22.7 Å². The Morgan fingerprint density at radius 1 is 1.07 bits per heavy atom. The Morgan fingerprint density at radius 3 is 2.25 bits per heavy atom. The second-order valence-corrected chi connectivity index (χ2v) is 8.02. The van der Waals surface area contributed by atoms with Crippen LogP contribution in [0.5, 0.6) is 5.75 Å². The molecule has 0 spiro atoms. The van der Waals surface area contributed by atoms with Gasteiger partial charge in [0, 0.05) is 18.9 Å². The molecule has 3 rings (SSSR count). The van der Waals surface area contributed by atoms with Crippen LogP contribution in [0.2, 0.25) is 0 Å². The first kappa shape index (κ1) is 20.0. The van der Waals surface area contributed by atoms with Gasteiger partial charge in [0.2, 0.25) is 0 Å². The van der Waals surface area contributed by atoms with Crippen LogP contribution in [0.1, 0.15) is 12.1 Å². The first-order valence-corrected chi connectivity index (χ1v) is 10.1. The molecule has 0 aliphatic heterocycles. The van der Waals surface area contributed by atoms with Crippen LogP contribution in [0.15, 0.2) is 59.5 Å². The molecule has 0 saturated heterocycles. The fourth-order valence-electron chi connectivity index (χ4n) is 2.59. The summed E-state index contributed by atoms with van der Waals surface area (Å²) in [4.78, 5) is 0.149. The molecule has 0 aliphatic rings. The van der Waals surface area contributed by atoms with Crippen molar-refractivity contribution in [2.75, 3.05) is 20.2 Å². The van der Waals surface area contributed by atoms with Crippen molar-refractivity contribution in [1.82, 2.24) is 9.78 Å². The minimum atomic E-state index is -3.35. The molecule has 1 aromatic heterocycles. The summed E-state index contributed by atoms with van der Waals surface area (Å²) in [5.74, 6) is 0.561. The van der Waals surface area contributed by atoms with Gasteiger partial charge in [-0.05, 0) is 42.5 Å². The van der Waals surface area contributed by atoms with Gasteiger partial charge in [-0.1, -0.05) is 12.1 Å². The van der Waals surface area contributed by atoms with Gasteiger partial charge in [0.1, 0.15) is 11.4 Å². The number of aromatic nitrogens is 2. The second kappa shape index (κ2) is 8.07. The van der Waals surface area contributed by atoms with E-state index in [9.17, 15) is 17.2 Å². The maximum absolute atomic E-state index is 13.2. The van der Waals surface area contributed by atoms with E-state index in [1.165, 1.54) is 30.0 Å². The first-order valence-electron chi connectivity index (χ1n) is 8.20. The normalized spacial score (nSPS) is 11.8. The monoisotopic (exact) mass is 408 g/mol. The largest absolute Gasteiger partial charge is 0.468 e. The van der Waals surface area contributed by atoms with E-state index in [1.54, 1.807) is 36.4 Å². The van der Waals surface area contributed by atoms with E-state index in [2.05, 4.69) is 5.10 Å². The number of hydrogen-bond donors (Lipinski definition) is 0. The number of hydrogen-bond acceptors (Lipinski definition) is 5. The molecule has 0 radical (unpaired) electrons. The predicted molar refractivity (Wildman–Crippen MR) is 99.6 cm³/mol. The Hall–Kier alpha value is -2.78. The summed E-state index contributed by atoms with van der Waals surface area (Å²) in [5.41, 5.74) is 1.16. The van der Waals surface area contributed by atoms with Crippen LogP contribution < -0.4 is 4.74 Å². The van der Waals surface area contributed by atoms with Crippen LogP contribution in [0.3, 0.4) is 0 Å². The van der Waals surface area contributed by atoms with E-state index >= 15 is 0 Å². The molecule has 0 N–H and O–H groups in total. The highest BCUT2D eigenvalue weighted by atomic mass is 32.2. The lowest BCUT2D eigenvalue weighted by Crippen LogP contribution is -2.02. The number of methoxy groups -OCH3 is 1. The van der Waals surface area contributed by atoms with Crippen LogP contribution in [-0.4, -0.2) is 38.4 Å². The van der Waals surface area contributed by atoms with E-state index in [4.69, 9.17) is 9.47 Å². The van der Waals surface area contributed by atoms with Gasteiger partial charge in [0.25, 0.3) is 6.43 Å². The molecule has 0 unspecified atom stereocenters. The third-order valence-corrected chi connectivity index (χ3v) is 5.08. The standard InChI is InChI=1S/C19H18F2N2O4S/c1-26-12-27-15-7-5-14(6-8-15)23-18(11-17(22-23)19(20)21)13-3-9-16(10-4-13)28(2,24)25/h3-11,19H,12H2,1-2H3. The maximum Gasteiger partial charge on any atom is 0.282 e. The molecule has 0 amide bonds. The lowest BCUT2D eigenvalue weighted by Gasteiger charge is -2.10. The predicted octanol–water partition coefficient (Wildman–Crippen LogP) is 3.86. The van der Waals surface area contributed by atoms with Crippen LogP contribution in [0, 0.1) is 0 Å². The molecule has 28 heavy (non-hydrogen) atoms. The Kier molecular flexibility index (Phi) is 5.76. The summed E-state index contributed by atoms with van der Waals surface area (Å²) in [6.45, 7) is 0.0918. The maximum atomic E-state index is 13.2. The minimum Gasteiger partial charge on any atom is -0.468 e. The molecule has 0 fully saturated rings. The van der Waals surface area contributed by atoms with Gasteiger partial charge in [0.05, 0.1) is 16.3 Å². The van der Waals surface area contributed by atoms with Gasteiger partial charge in [-0.3, -0.25) is 0 Å². The molecule has 0 aliphatic carbocycles. The second-order valence-electron chi connectivity index (χ2n) is 6.01. The molecule has 9 heteroatoms. The van der Waals surface area contributed by atoms with E-state index < -0.39 is 16.3 Å². The number of halogens is 2. The van der Waals surface area contributed by atoms with Gasteiger partial charge in [0.15, 0.2) is 16.6 Å². The van der Waals surface area contributed by atoms with E-state index in [0.29, 0.717) is 22.7 Å². The molecular formula is C19H18F2N2O4S. The zero-order chi connectivity index (χ0) is 20.3. The van der Waals surface area contributed by atoms with Gasteiger partial charge in [-0.25, -0.2) is 21.9 Å². The number of sulfone groups is 1. The topological polar surface area (TPSA) is 70.4 Å². The summed E-state index contributed by atoms with van der Waals surface area (Å²) < 4.78 is 61.3. The molecule has 3 aromatic rings. The highest BCUT2D eigenvalue weighted by molar-refractivity contribution is 7.90. The quantitative estimate of drug-likeness (QED) is 0.555. The Balaban J connectivity index is 2.02. The summed E-state index contributed by atoms with van der Waals surface area (Å²) in [6.07, 6.45) is -1.63. The lowest BCUT2D eigenvalue weighted by molar-refractivity contribution is 0.0511. The van der Waals surface area contributed by atoms with Crippen molar-refractivity contribution in [3.63, 3.8) is 0 Å². The van der Waals surface area contributed by atoms with Crippen molar-refractivity contribution >= 4 is 9.84 Å². The molecular weight excluding hydrogens is 390 g/mol. The van der Waals surface area contributed by atoms with Crippen molar-refractivity contribution in [3.05, 3.63) is 60.3 Å². The Bertz CT molecular complexity index is 1050. The van der Waals surface area contributed by atoms with Gasteiger partial charge < -0.3 is 9.47 Å². The highest BCUT2D eigenvalue weighted by Crippen LogP contribution is 2.29. The Labute approximate surface area is 161 Å². The summed E-state index contributed by atoms with van der Waals surface area (Å²) in [6, 6.07) is 14.0. The fourth-order valence-corrected chi connectivity index (χ4v) is 3.22. The molecule has 0 saturated carbocycles. The molecule has 2 aromatic carbocycles. The molecule has 0 atom stereocenters. The van der Waals surface area contributed by atoms with Crippen LogP contribution in [-0.2, 0) is 14.6 Å². The number of nitrogens with zero attached hydrogens (tertiary/aromatic N) is 2. The number of benzene rings is 2. The SMILES string of the molecule is COCOc1ccc(-n2nc(C(F)F)cc2-c2ccc(S(C)(=O)=O)cc2)cc1. The average molecular weight is 408 g/mol. The van der Waals surface area contributed by atoms with E-state index in [0.717, 1.165) is 6.26 Å². The Morgan fingerprint density at radius 2 is 1.71 bits per heavy atom. The van der Waals surface area contributed by atoms with E-state index in [1.807, 2.05) is 0 Å². The third kappa shape index (κ3) is 4.37. The van der Waals surface area contributed by atoms with Crippen molar-refractivity contribution in [2.24, 2.45) is 0 Å². The summed E-state index contributed by atoms with van der Waals surface area (Å²) >= 11 is 0.